The highest BCUT2D eigenvalue weighted by Crippen LogP contribution is 2.26. The molecule has 6 heteroatoms. The maximum Gasteiger partial charge on any atom is 0.327 e. The van der Waals surface area contributed by atoms with Gasteiger partial charge in [0.2, 0.25) is 5.91 Å². The lowest BCUT2D eigenvalue weighted by Gasteiger charge is -2.20. The van der Waals surface area contributed by atoms with Crippen LogP contribution in [0.4, 0.5) is 4.79 Å². The summed E-state index contributed by atoms with van der Waals surface area (Å²) >= 11 is 0. The fourth-order valence-electron chi connectivity index (χ4n) is 2.16. The number of aliphatic hydroxyl groups is 1. The van der Waals surface area contributed by atoms with E-state index in [-0.39, 0.29) is 25.0 Å². The highest BCUT2D eigenvalue weighted by molar-refractivity contribution is 6.01. The summed E-state index contributed by atoms with van der Waals surface area (Å²) in [5, 5.41) is 10.3. The molecule has 3 amide bonds. The Morgan fingerprint density at radius 1 is 1.35 bits per heavy atom. The number of carbonyl (C=O) groups excluding carboxylic acids is 2. The third-order valence-electron chi connectivity index (χ3n) is 3.16. The number of hydrogen-bond acceptors (Lipinski definition) is 4. The maximum atomic E-state index is 11.8. The summed E-state index contributed by atoms with van der Waals surface area (Å²) in [5.41, 5.74) is 0.574. The van der Waals surface area contributed by atoms with Crippen LogP contribution in [0.25, 0.3) is 0 Å². The van der Waals surface area contributed by atoms with Crippen molar-refractivity contribution in [1.82, 2.24) is 9.80 Å². The van der Waals surface area contributed by atoms with Gasteiger partial charge in [0.05, 0.1) is 13.2 Å². The lowest BCUT2D eigenvalue weighted by atomic mass is 10.1. The van der Waals surface area contributed by atoms with Crippen molar-refractivity contribution in [2.75, 3.05) is 26.7 Å². The molecule has 1 aliphatic rings. The zero-order valence-electron chi connectivity index (χ0n) is 11.6. The molecule has 0 saturated carbocycles. The fraction of sp³-hybridized carbons (Fsp3) is 0.429. The molecule has 0 bridgehead atoms. The van der Waals surface area contributed by atoms with Crippen LogP contribution in [0.15, 0.2) is 24.3 Å². The molecule has 1 saturated heterocycles. The second-order valence-corrected chi connectivity index (χ2v) is 4.63. The number of nitrogens with zero attached hydrogens (tertiary/aromatic N) is 2. The van der Waals surface area contributed by atoms with Crippen molar-refractivity contribution in [3.05, 3.63) is 29.8 Å². The van der Waals surface area contributed by atoms with Gasteiger partial charge in [-0.2, -0.15) is 0 Å². The minimum absolute atomic E-state index is 0.0542. The van der Waals surface area contributed by atoms with E-state index < -0.39 is 6.10 Å². The Hall–Kier alpha value is -2.08. The molecular formula is C14H18N2O4. The molecule has 6 nitrogen and oxygen atoms in total. The molecule has 0 radical (unpaired) electrons. The number of imide groups is 1. The van der Waals surface area contributed by atoms with E-state index in [1.165, 1.54) is 4.90 Å². The van der Waals surface area contributed by atoms with E-state index in [0.717, 1.165) is 4.90 Å². The molecule has 1 heterocycles. The van der Waals surface area contributed by atoms with Crippen molar-refractivity contribution in [2.24, 2.45) is 0 Å². The zero-order chi connectivity index (χ0) is 14.7. The van der Waals surface area contributed by atoms with Crippen LogP contribution >= 0.6 is 0 Å². The Kier molecular flexibility index (Phi) is 4.24. The van der Waals surface area contributed by atoms with Crippen molar-refractivity contribution < 1.29 is 19.4 Å². The van der Waals surface area contributed by atoms with Gasteiger partial charge in [-0.05, 0) is 13.0 Å². The van der Waals surface area contributed by atoms with Crippen LogP contribution < -0.4 is 4.74 Å². The largest absolute Gasteiger partial charge is 0.493 e. The smallest absolute Gasteiger partial charge is 0.327 e. The van der Waals surface area contributed by atoms with Gasteiger partial charge in [0.25, 0.3) is 0 Å². The Labute approximate surface area is 117 Å². The number of para-hydroxylation sites is 1. The molecule has 0 aliphatic carbocycles. The van der Waals surface area contributed by atoms with Crippen LogP contribution in [0, 0.1) is 0 Å². The van der Waals surface area contributed by atoms with E-state index in [9.17, 15) is 14.7 Å². The maximum absolute atomic E-state index is 11.8. The van der Waals surface area contributed by atoms with Crippen molar-refractivity contribution in [3.8, 4) is 5.75 Å². The minimum Gasteiger partial charge on any atom is -0.493 e. The first-order valence-electron chi connectivity index (χ1n) is 6.49. The van der Waals surface area contributed by atoms with Gasteiger partial charge < -0.3 is 14.7 Å². The summed E-state index contributed by atoms with van der Waals surface area (Å²) in [6.45, 7) is 2.32. The Balaban J connectivity index is 2.14. The van der Waals surface area contributed by atoms with Gasteiger partial charge in [0.1, 0.15) is 18.4 Å². The second kappa shape index (κ2) is 5.92. The third kappa shape index (κ3) is 2.75. The zero-order valence-corrected chi connectivity index (χ0v) is 11.6. The quantitative estimate of drug-likeness (QED) is 0.816. The number of carbonyl (C=O) groups is 2. The number of amides is 3. The molecule has 1 aliphatic heterocycles. The van der Waals surface area contributed by atoms with Crippen molar-refractivity contribution in [2.45, 2.75) is 13.0 Å². The van der Waals surface area contributed by atoms with E-state index in [1.807, 2.05) is 6.92 Å². The van der Waals surface area contributed by atoms with Gasteiger partial charge >= 0.3 is 6.03 Å². The fourth-order valence-corrected chi connectivity index (χ4v) is 2.16. The Morgan fingerprint density at radius 3 is 2.65 bits per heavy atom. The summed E-state index contributed by atoms with van der Waals surface area (Å²) in [6.07, 6.45) is -0.961. The molecule has 108 valence electrons. The van der Waals surface area contributed by atoms with Crippen molar-refractivity contribution in [3.63, 3.8) is 0 Å². The highest BCUT2D eigenvalue weighted by atomic mass is 16.5. The van der Waals surface area contributed by atoms with Gasteiger partial charge in [0.15, 0.2) is 0 Å². The first-order chi connectivity index (χ1) is 9.54. The predicted octanol–water partition coefficient (Wildman–Crippen LogP) is 1.01. The normalized spacial score (nSPS) is 16.8. The average molecular weight is 278 g/mol. The van der Waals surface area contributed by atoms with Gasteiger partial charge in [-0.3, -0.25) is 9.69 Å². The van der Waals surface area contributed by atoms with Crippen LogP contribution in [0.5, 0.6) is 5.75 Å². The summed E-state index contributed by atoms with van der Waals surface area (Å²) in [4.78, 5) is 25.9. The first-order valence-corrected chi connectivity index (χ1v) is 6.49. The van der Waals surface area contributed by atoms with Gasteiger partial charge in [-0.15, -0.1) is 0 Å². The van der Waals surface area contributed by atoms with Gasteiger partial charge in [0, 0.05) is 12.6 Å². The number of ether oxygens (including phenoxy) is 1. The number of likely N-dealkylation sites (N-methyl/N-ethyl adjacent to an activating group) is 1. The monoisotopic (exact) mass is 278 g/mol. The SMILES string of the molecule is CCOc1ccccc1C(O)CN1C(=O)CN(C)C1=O. The van der Waals surface area contributed by atoms with Crippen molar-refractivity contribution in [1.29, 1.82) is 0 Å². The third-order valence-corrected chi connectivity index (χ3v) is 3.16. The molecule has 1 aromatic rings. The molecule has 0 spiro atoms. The highest BCUT2D eigenvalue weighted by Gasteiger charge is 2.35. The predicted molar refractivity (Wildman–Crippen MR) is 72.3 cm³/mol. The van der Waals surface area contributed by atoms with Crippen LogP contribution in [0.3, 0.4) is 0 Å². The van der Waals surface area contributed by atoms with Crippen LogP contribution in [0.2, 0.25) is 0 Å². The Morgan fingerprint density at radius 2 is 2.05 bits per heavy atom. The first kappa shape index (κ1) is 14.3. The lowest BCUT2D eigenvalue weighted by molar-refractivity contribution is -0.126. The van der Waals surface area contributed by atoms with Gasteiger partial charge in [-0.1, -0.05) is 18.2 Å². The summed E-state index contributed by atoms with van der Waals surface area (Å²) < 4.78 is 5.44. The topological polar surface area (TPSA) is 70.1 Å². The number of benzene rings is 1. The lowest BCUT2D eigenvalue weighted by Crippen LogP contribution is -2.35. The summed E-state index contributed by atoms with van der Waals surface area (Å²) in [5.74, 6) is 0.264. The molecule has 1 fully saturated rings. The van der Waals surface area contributed by atoms with E-state index in [4.69, 9.17) is 4.74 Å². The van der Waals surface area contributed by atoms with E-state index in [2.05, 4.69) is 0 Å². The Bertz CT molecular complexity index is 518. The van der Waals surface area contributed by atoms with Crippen LogP contribution in [-0.2, 0) is 4.79 Å². The number of rotatable bonds is 5. The van der Waals surface area contributed by atoms with E-state index in [0.29, 0.717) is 17.9 Å². The summed E-state index contributed by atoms with van der Waals surface area (Å²) in [7, 11) is 1.56. The average Bonchev–Trinajstić information content (AvgIpc) is 2.66. The number of β-amino-alcohol motifs (C(OH)–C–C–N with tert-alkyl or cyclic N) is 1. The second-order valence-electron chi connectivity index (χ2n) is 4.63. The molecule has 0 aromatic heterocycles. The molecular weight excluding hydrogens is 260 g/mol. The molecule has 20 heavy (non-hydrogen) atoms. The summed E-state index contributed by atoms with van der Waals surface area (Å²) in [6, 6.07) is 6.68. The molecule has 2 rings (SSSR count). The minimum atomic E-state index is -0.961. The van der Waals surface area contributed by atoms with E-state index >= 15 is 0 Å². The van der Waals surface area contributed by atoms with Crippen LogP contribution in [-0.4, -0.2) is 53.6 Å². The molecule has 1 aromatic carbocycles. The number of aliphatic hydroxyl groups excluding tert-OH is 1. The number of urea groups is 1. The molecule has 1 N–H and O–H groups in total. The van der Waals surface area contributed by atoms with Crippen LogP contribution in [0.1, 0.15) is 18.6 Å². The van der Waals surface area contributed by atoms with Crippen molar-refractivity contribution >= 4 is 11.9 Å². The standard InChI is InChI=1S/C14H18N2O4/c1-3-20-12-7-5-4-6-10(12)11(17)8-16-13(18)9-15(2)14(16)19/h4-7,11,17H,3,8-9H2,1-2H3. The van der Waals surface area contributed by atoms with E-state index in [1.54, 1.807) is 31.3 Å². The number of hydrogen-bond donors (Lipinski definition) is 1. The molecule has 1 atom stereocenters. The van der Waals surface area contributed by atoms with Gasteiger partial charge in [-0.25, -0.2) is 4.79 Å². The molecule has 1 unspecified atom stereocenters.